The number of hydrogen-bond donors (Lipinski definition) is 1. The number of benzene rings is 1. The standard InChI is InChI=1S/C18H21BrN2O4/c1-10(2)16(20-17(22)13-7-5-6-8-15(13)19)18(23)24-9-14-11(3)21-25-12(14)4/h5-8,10,16H,9H2,1-4H3,(H,20,22)/t16-/m1/s1. The van der Waals surface area contributed by atoms with Crippen LogP contribution in [0, 0.1) is 19.8 Å². The maximum atomic E-state index is 12.5. The minimum Gasteiger partial charge on any atom is -0.459 e. The van der Waals surface area contributed by atoms with E-state index in [4.69, 9.17) is 9.26 Å². The molecule has 134 valence electrons. The molecule has 1 atom stereocenters. The average Bonchev–Trinajstić information content (AvgIpc) is 2.88. The smallest absolute Gasteiger partial charge is 0.329 e. The Bertz CT molecular complexity index is 751. The van der Waals surface area contributed by atoms with Crippen LogP contribution in [0.1, 0.15) is 41.2 Å². The van der Waals surface area contributed by atoms with Gasteiger partial charge in [0.15, 0.2) is 0 Å². The highest BCUT2D eigenvalue weighted by Crippen LogP contribution is 2.17. The van der Waals surface area contributed by atoms with Gasteiger partial charge in [-0.25, -0.2) is 4.79 Å². The Kier molecular flexibility index (Phi) is 6.36. The summed E-state index contributed by atoms with van der Waals surface area (Å²) in [4.78, 5) is 24.9. The number of halogens is 1. The zero-order chi connectivity index (χ0) is 18.6. The fourth-order valence-electron chi connectivity index (χ4n) is 2.30. The summed E-state index contributed by atoms with van der Waals surface area (Å²) in [6, 6.07) is 6.29. The number of aromatic nitrogens is 1. The van der Waals surface area contributed by atoms with Gasteiger partial charge in [0.2, 0.25) is 0 Å². The van der Waals surface area contributed by atoms with Crippen LogP contribution in [-0.2, 0) is 16.1 Å². The van der Waals surface area contributed by atoms with E-state index in [0.717, 1.165) is 5.56 Å². The second-order valence-electron chi connectivity index (χ2n) is 6.09. The number of aryl methyl sites for hydroxylation is 2. The van der Waals surface area contributed by atoms with Crippen molar-refractivity contribution in [2.24, 2.45) is 5.92 Å². The van der Waals surface area contributed by atoms with E-state index in [1.54, 1.807) is 32.0 Å². The maximum absolute atomic E-state index is 12.5. The van der Waals surface area contributed by atoms with E-state index in [1.807, 2.05) is 19.9 Å². The minimum atomic E-state index is -0.750. The molecule has 1 amide bonds. The number of nitrogens with one attached hydrogen (secondary N) is 1. The van der Waals surface area contributed by atoms with Gasteiger partial charge in [-0.15, -0.1) is 0 Å². The molecule has 0 aliphatic carbocycles. The van der Waals surface area contributed by atoms with E-state index in [1.165, 1.54) is 0 Å². The van der Waals surface area contributed by atoms with Gasteiger partial charge < -0.3 is 14.6 Å². The number of carbonyl (C=O) groups excluding carboxylic acids is 2. The Morgan fingerprint density at radius 2 is 1.96 bits per heavy atom. The molecule has 0 spiro atoms. The topological polar surface area (TPSA) is 81.4 Å². The van der Waals surface area contributed by atoms with Crippen LogP contribution in [0.3, 0.4) is 0 Å². The summed E-state index contributed by atoms with van der Waals surface area (Å²) >= 11 is 3.34. The normalized spacial score (nSPS) is 12.1. The number of esters is 1. The van der Waals surface area contributed by atoms with Gasteiger partial charge in [-0.1, -0.05) is 31.1 Å². The van der Waals surface area contributed by atoms with Gasteiger partial charge in [0.05, 0.1) is 16.8 Å². The fraction of sp³-hybridized carbons (Fsp3) is 0.389. The first-order valence-corrected chi connectivity index (χ1v) is 8.74. The molecule has 1 aromatic carbocycles. The van der Waals surface area contributed by atoms with Gasteiger partial charge >= 0.3 is 5.97 Å². The van der Waals surface area contributed by atoms with Crippen molar-refractivity contribution in [3.05, 3.63) is 51.3 Å². The van der Waals surface area contributed by atoms with Crippen molar-refractivity contribution in [2.45, 2.75) is 40.3 Å². The highest BCUT2D eigenvalue weighted by atomic mass is 79.9. The van der Waals surface area contributed by atoms with Gasteiger partial charge in [-0.3, -0.25) is 4.79 Å². The number of amides is 1. The van der Waals surface area contributed by atoms with E-state index in [9.17, 15) is 9.59 Å². The minimum absolute atomic E-state index is 0.0636. The second-order valence-corrected chi connectivity index (χ2v) is 6.94. The van der Waals surface area contributed by atoms with Gasteiger partial charge in [0.1, 0.15) is 18.4 Å². The molecule has 6 nitrogen and oxygen atoms in total. The summed E-state index contributed by atoms with van der Waals surface area (Å²) in [5.41, 5.74) is 1.89. The van der Waals surface area contributed by atoms with Crippen molar-refractivity contribution in [1.29, 1.82) is 0 Å². The summed E-state index contributed by atoms with van der Waals surface area (Å²) < 4.78 is 11.1. The molecule has 0 aliphatic rings. The zero-order valence-corrected chi connectivity index (χ0v) is 16.2. The van der Waals surface area contributed by atoms with E-state index in [-0.39, 0.29) is 18.4 Å². The molecule has 2 aromatic rings. The predicted molar refractivity (Wildman–Crippen MR) is 96.0 cm³/mol. The van der Waals surface area contributed by atoms with Crippen LogP contribution in [0.5, 0.6) is 0 Å². The highest BCUT2D eigenvalue weighted by molar-refractivity contribution is 9.10. The van der Waals surface area contributed by atoms with Crippen LogP contribution in [0.15, 0.2) is 33.3 Å². The molecule has 25 heavy (non-hydrogen) atoms. The molecule has 1 aromatic heterocycles. The molecule has 0 saturated carbocycles. The SMILES string of the molecule is Cc1noc(C)c1COC(=O)[C@H](NC(=O)c1ccccc1Br)C(C)C. The average molecular weight is 409 g/mol. The molecule has 2 rings (SSSR count). The van der Waals surface area contributed by atoms with Crippen LogP contribution in [-0.4, -0.2) is 23.1 Å². The predicted octanol–water partition coefficient (Wildman–Crippen LogP) is 3.55. The van der Waals surface area contributed by atoms with E-state index in [0.29, 0.717) is 21.5 Å². The van der Waals surface area contributed by atoms with E-state index in [2.05, 4.69) is 26.4 Å². The van der Waals surface area contributed by atoms with Gasteiger partial charge in [-0.2, -0.15) is 0 Å². The molecule has 0 aliphatic heterocycles. The number of rotatable bonds is 6. The van der Waals surface area contributed by atoms with Crippen molar-refractivity contribution in [3.8, 4) is 0 Å². The number of carbonyl (C=O) groups is 2. The second kappa shape index (κ2) is 8.29. The molecule has 1 N–H and O–H groups in total. The summed E-state index contributed by atoms with van der Waals surface area (Å²) in [7, 11) is 0. The molecule has 0 bridgehead atoms. The lowest BCUT2D eigenvalue weighted by Crippen LogP contribution is -2.45. The molecule has 0 radical (unpaired) electrons. The fourth-order valence-corrected chi connectivity index (χ4v) is 2.77. The van der Waals surface area contributed by atoms with Crippen molar-refractivity contribution in [3.63, 3.8) is 0 Å². The van der Waals surface area contributed by atoms with Crippen LogP contribution in [0.4, 0.5) is 0 Å². The van der Waals surface area contributed by atoms with E-state index >= 15 is 0 Å². The van der Waals surface area contributed by atoms with Crippen molar-refractivity contribution >= 4 is 27.8 Å². The molecular weight excluding hydrogens is 388 g/mol. The Hall–Kier alpha value is -2.15. The monoisotopic (exact) mass is 408 g/mol. The molecule has 0 unspecified atom stereocenters. The van der Waals surface area contributed by atoms with Crippen molar-refractivity contribution in [2.75, 3.05) is 0 Å². The lowest BCUT2D eigenvalue weighted by Gasteiger charge is -2.21. The summed E-state index contributed by atoms with van der Waals surface area (Å²) in [5.74, 6) is -0.330. The Morgan fingerprint density at radius 3 is 2.52 bits per heavy atom. The Labute approximate surface area is 155 Å². The third-order valence-electron chi connectivity index (χ3n) is 3.87. The first-order chi connectivity index (χ1) is 11.8. The Balaban J connectivity index is 2.06. The van der Waals surface area contributed by atoms with Gasteiger partial charge in [0.25, 0.3) is 5.91 Å². The molecule has 0 fully saturated rings. The zero-order valence-electron chi connectivity index (χ0n) is 14.6. The summed E-state index contributed by atoms with van der Waals surface area (Å²) in [5, 5.41) is 6.58. The van der Waals surface area contributed by atoms with Crippen molar-refractivity contribution < 1.29 is 18.8 Å². The lowest BCUT2D eigenvalue weighted by molar-refractivity contribution is -0.148. The quantitative estimate of drug-likeness (QED) is 0.738. The maximum Gasteiger partial charge on any atom is 0.329 e. The van der Waals surface area contributed by atoms with Crippen LogP contribution < -0.4 is 5.32 Å². The number of nitrogens with zero attached hydrogens (tertiary/aromatic N) is 1. The highest BCUT2D eigenvalue weighted by Gasteiger charge is 2.27. The molecule has 7 heteroatoms. The van der Waals surface area contributed by atoms with E-state index < -0.39 is 12.0 Å². The molecule has 0 saturated heterocycles. The molecular formula is C18H21BrN2O4. The summed E-state index contributed by atoms with van der Waals surface area (Å²) in [6.07, 6.45) is 0. The van der Waals surface area contributed by atoms with Gasteiger partial charge in [0, 0.05) is 4.47 Å². The summed E-state index contributed by atoms with van der Waals surface area (Å²) in [6.45, 7) is 7.31. The first kappa shape index (κ1) is 19.2. The lowest BCUT2D eigenvalue weighted by atomic mass is 10.0. The number of ether oxygens (including phenoxy) is 1. The first-order valence-electron chi connectivity index (χ1n) is 7.95. The largest absolute Gasteiger partial charge is 0.459 e. The molecule has 1 heterocycles. The Morgan fingerprint density at radius 1 is 1.28 bits per heavy atom. The third kappa shape index (κ3) is 4.69. The van der Waals surface area contributed by atoms with Gasteiger partial charge in [-0.05, 0) is 47.8 Å². The number of hydrogen-bond acceptors (Lipinski definition) is 5. The van der Waals surface area contributed by atoms with Crippen molar-refractivity contribution in [1.82, 2.24) is 10.5 Å². The van der Waals surface area contributed by atoms with Crippen LogP contribution in [0.25, 0.3) is 0 Å². The van der Waals surface area contributed by atoms with Crippen LogP contribution >= 0.6 is 15.9 Å². The third-order valence-corrected chi connectivity index (χ3v) is 4.56. The van der Waals surface area contributed by atoms with Crippen LogP contribution in [0.2, 0.25) is 0 Å².